The highest BCUT2D eigenvalue weighted by atomic mass is 16.8. The summed E-state index contributed by atoms with van der Waals surface area (Å²) in [6.07, 6.45) is 4.77. The molecule has 2 bridgehead atoms. The Bertz CT molecular complexity index is 2490. The lowest BCUT2D eigenvalue weighted by Crippen LogP contribution is -2.78. The Balaban J connectivity index is 1.42. The van der Waals surface area contributed by atoms with E-state index in [1.54, 1.807) is 20.8 Å². The Morgan fingerprint density at radius 2 is 1.79 bits per heavy atom. The first kappa shape index (κ1) is 49.4. The van der Waals surface area contributed by atoms with Gasteiger partial charge in [-0.1, -0.05) is 43.2 Å². The quantitative estimate of drug-likeness (QED) is 0.103. The number of carbonyl (C=O) groups is 2. The third kappa shape index (κ3) is 8.07. The fraction of sp³-hybridized carbons (Fsp3) is 0.596. The van der Waals surface area contributed by atoms with Crippen molar-refractivity contribution in [1.29, 1.82) is 5.26 Å². The largest absolute Gasteiger partial charge is 0.482 e. The molecule has 3 aliphatic carbocycles. The molecule has 6 unspecified atom stereocenters. The highest BCUT2D eigenvalue weighted by Gasteiger charge is 2.76. The summed E-state index contributed by atoms with van der Waals surface area (Å²) in [6.45, 7) is 18.8. The highest BCUT2D eigenvalue weighted by Crippen LogP contribution is 2.69. The van der Waals surface area contributed by atoms with Crippen LogP contribution in [0.15, 0.2) is 58.0 Å². The molecule has 1 aromatic carbocycles. The third-order valence-corrected chi connectivity index (χ3v) is 14.8. The normalized spacial score (nSPS) is 34.0. The summed E-state index contributed by atoms with van der Waals surface area (Å²) in [5, 5.41) is 63.3. The molecule has 16 nitrogen and oxygen atoms in total. The molecular weight excluding hydrogens is 873 g/mol. The number of aliphatic hydroxyl groups is 4. The van der Waals surface area contributed by atoms with Crippen LogP contribution in [0.3, 0.4) is 0 Å². The molecule has 0 aromatic heterocycles. The lowest BCUT2D eigenvalue weighted by Gasteiger charge is -2.65. The van der Waals surface area contributed by atoms with Crippen molar-refractivity contribution >= 4 is 23.5 Å². The van der Waals surface area contributed by atoms with Crippen molar-refractivity contribution in [3.05, 3.63) is 74.7 Å². The monoisotopic (exact) mass is 940 g/mol. The molecule has 2 saturated heterocycles. The van der Waals surface area contributed by atoms with E-state index < -0.39 is 82.7 Å². The van der Waals surface area contributed by atoms with Crippen molar-refractivity contribution in [1.82, 2.24) is 10.6 Å². The van der Waals surface area contributed by atoms with Gasteiger partial charge in [0.15, 0.2) is 22.8 Å². The highest BCUT2D eigenvalue weighted by molar-refractivity contribution is 6.01. The van der Waals surface area contributed by atoms with Crippen LogP contribution in [-0.4, -0.2) is 105 Å². The number of aliphatic hydroxyl groups excluding tert-OH is 3. The number of fused-ring (bicyclic) bond motifs is 6. The van der Waals surface area contributed by atoms with E-state index >= 15 is 4.79 Å². The molecule has 5 aliphatic heterocycles. The maximum absolute atomic E-state index is 15.3. The molecule has 368 valence electrons. The van der Waals surface area contributed by atoms with Crippen molar-refractivity contribution in [2.75, 3.05) is 19.8 Å². The Morgan fingerprint density at radius 1 is 1.07 bits per heavy atom. The average molecular weight is 941 g/mol. The van der Waals surface area contributed by atoms with Crippen LogP contribution < -0.4 is 30.6 Å². The number of benzene rings is 1. The number of nitrogens with zero attached hydrogens (tertiary/aromatic N) is 1. The molecule has 8 N–H and O–H groups in total. The molecule has 68 heavy (non-hydrogen) atoms. The summed E-state index contributed by atoms with van der Waals surface area (Å²) in [7, 11) is 0. The van der Waals surface area contributed by atoms with Crippen molar-refractivity contribution < 1.29 is 58.4 Å². The van der Waals surface area contributed by atoms with Gasteiger partial charge in [0.05, 0.1) is 41.7 Å². The molecule has 5 fully saturated rings. The number of ketones is 1. The van der Waals surface area contributed by atoms with Crippen LogP contribution in [0.25, 0.3) is 11.8 Å². The minimum Gasteiger partial charge on any atom is -0.482 e. The van der Waals surface area contributed by atoms with E-state index in [9.17, 15) is 30.5 Å². The Labute approximate surface area is 398 Å². The summed E-state index contributed by atoms with van der Waals surface area (Å²) in [4.78, 5) is 28.5. The van der Waals surface area contributed by atoms with E-state index in [2.05, 4.69) is 22.8 Å². The standard InChI is InChI=1S/C52H68N4O12/c1-25(2)12-11-17-50(10)18-16-30-41(67-50)29(14-13-26(3)4)43-36(42(30)65-48-40(59)39(58)44-34(64-48)24-63-49(8,9)66-44)38-37-35(32(23-53)46(54)56-38)31-22-33(27(5)6)52(37,68-43)51(62,45(31)60)19-15-28(7)47(61)55-20-21-57/h12-13,15-16,18,27,31,33-35,39-40,44,48,56-59,62H,11,14,17,19-22,24,54H2,1-10H3,(H,55,61)/b28-15-/t31?,33?,34-,35?,39-,40-,44-,48+,50?,51?,52?/m1/s1. The van der Waals surface area contributed by atoms with Gasteiger partial charge in [-0.15, -0.1) is 0 Å². The zero-order valence-corrected chi connectivity index (χ0v) is 40.8. The molecule has 1 aromatic rings. The molecular formula is C52H68N4O12. The van der Waals surface area contributed by atoms with Crippen LogP contribution in [0.4, 0.5) is 0 Å². The van der Waals surface area contributed by atoms with E-state index in [0.29, 0.717) is 46.6 Å². The zero-order chi connectivity index (χ0) is 49.4. The molecule has 16 heteroatoms. The number of dihydropyridines is 1. The van der Waals surface area contributed by atoms with Gasteiger partial charge in [0.25, 0.3) is 0 Å². The number of nitrogens with one attached hydrogen (secondary N) is 2. The minimum atomic E-state index is -2.30. The van der Waals surface area contributed by atoms with Gasteiger partial charge < -0.3 is 65.2 Å². The number of nitriles is 1. The fourth-order valence-electron chi connectivity index (χ4n) is 11.3. The van der Waals surface area contributed by atoms with Crippen molar-refractivity contribution in [2.45, 2.75) is 155 Å². The maximum Gasteiger partial charge on any atom is 0.246 e. The molecule has 11 atom stereocenters. The molecule has 1 amide bonds. The predicted octanol–water partition coefficient (Wildman–Crippen LogP) is 4.89. The summed E-state index contributed by atoms with van der Waals surface area (Å²) < 4.78 is 40.2. The number of nitrogens with two attached hydrogens (primary N) is 1. The minimum absolute atomic E-state index is 0.0139. The fourth-order valence-corrected chi connectivity index (χ4v) is 11.3. The lowest BCUT2D eigenvalue weighted by molar-refractivity contribution is -0.373. The lowest BCUT2D eigenvalue weighted by atomic mass is 9.43. The van der Waals surface area contributed by atoms with Crippen LogP contribution in [0.2, 0.25) is 0 Å². The Hall–Kier alpha value is -4.99. The van der Waals surface area contributed by atoms with Crippen LogP contribution in [-0.2, 0) is 30.2 Å². The van der Waals surface area contributed by atoms with E-state index in [1.165, 1.54) is 11.6 Å². The number of carbonyl (C=O) groups excluding carboxylic acids is 2. The number of hydrogen-bond donors (Lipinski definition) is 7. The van der Waals surface area contributed by atoms with E-state index in [-0.39, 0.29) is 73.4 Å². The molecule has 0 radical (unpaired) electrons. The van der Waals surface area contributed by atoms with Crippen molar-refractivity contribution in [3.8, 4) is 23.3 Å². The first-order chi connectivity index (χ1) is 32.0. The smallest absolute Gasteiger partial charge is 0.246 e. The average Bonchev–Trinajstić information content (AvgIpc) is 3.27. The Morgan fingerprint density at radius 3 is 2.46 bits per heavy atom. The van der Waals surface area contributed by atoms with Gasteiger partial charge in [-0.3, -0.25) is 9.59 Å². The van der Waals surface area contributed by atoms with Crippen LogP contribution in [0, 0.1) is 35.0 Å². The molecule has 8 aliphatic rings. The van der Waals surface area contributed by atoms with E-state index in [0.717, 1.165) is 5.57 Å². The summed E-state index contributed by atoms with van der Waals surface area (Å²) in [5.74, 6) is -3.85. The number of Topliss-reactive ketones (excluding diaryl/α,β-unsaturated/α-hetero) is 1. The van der Waals surface area contributed by atoms with Gasteiger partial charge in [-0.05, 0) is 99.1 Å². The zero-order valence-electron chi connectivity index (χ0n) is 40.8. The van der Waals surface area contributed by atoms with Gasteiger partial charge in [0.1, 0.15) is 53.1 Å². The second-order valence-corrected chi connectivity index (χ2v) is 20.9. The van der Waals surface area contributed by atoms with Crippen molar-refractivity contribution in [2.24, 2.45) is 29.4 Å². The summed E-state index contributed by atoms with van der Waals surface area (Å²) >= 11 is 0. The third-order valence-electron chi connectivity index (χ3n) is 14.8. The van der Waals surface area contributed by atoms with Crippen LogP contribution in [0.1, 0.15) is 112 Å². The first-order valence-electron chi connectivity index (χ1n) is 23.8. The number of ether oxygens (including phenoxy) is 6. The first-order valence-corrected chi connectivity index (χ1v) is 23.8. The number of hydrogen-bond acceptors (Lipinski definition) is 15. The van der Waals surface area contributed by atoms with Gasteiger partial charge in [0.2, 0.25) is 12.2 Å². The van der Waals surface area contributed by atoms with Crippen molar-refractivity contribution in [3.63, 3.8) is 0 Å². The van der Waals surface area contributed by atoms with E-state index in [4.69, 9.17) is 34.2 Å². The molecule has 5 heterocycles. The van der Waals surface area contributed by atoms with Crippen LogP contribution in [0.5, 0.6) is 17.2 Å². The second kappa shape index (κ2) is 18.1. The van der Waals surface area contributed by atoms with Gasteiger partial charge >= 0.3 is 0 Å². The number of amides is 1. The summed E-state index contributed by atoms with van der Waals surface area (Å²) in [6, 6.07) is 2.28. The predicted molar refractivity (Wildman–Crippen MR) is 251 cm³/mol. The maximum atomic E-state index is 15.3. The van der Waals surface area contributed by atoms with Crippen LogP contribution >= 0.6 is 0 Å². The van der Waals surface area contributed by atoms with Gasteiger partial charge in [-0.2, -0.15) is 5.26 Å². The van der Waals surface area contributed by atoms with Gasteiger partial charge in [-0.25, -0.2) is 0 Å². The van der Waals surface area contributed by atoms with Gasteiger partial charge in [0, 0.05) is 47.4 Å². The Kier molecular flexibility index (Phi) is 13.1. The molecule has 1 spiro atoms. The number of rotatable bonds is 13. The molecule has 9 rings (SSSR count). The summed E-state index contributed by atoms with van der Waals surface area (Å²) in [5.41, 5.74) is 6.55. The number of allylic oxidation sites excluding steroid dienone is 5. The molecule has 3 saturated carbocycles. The second-order valence-electron chi connectivity index (χ2n) is 20.9. The topological polar surface area (TPSA) is 244 Å². The van der Waals surface area contributed by atoms with E-state index in [1.807, 2.05) is 66.7 Å². The SMILES string of the molecule is CC(C)=CCCC1(C)C=Cc2c(c(CC=C(C)C)c3c(c2O[C@@H]2O[C@@H]4COC(C)(C)O[C@H]4[C@H](O)[C@H]2O)C2=C4C(C(C#N)=C(N)N2)C2CC(C(C)C)C4(O3)C(O)(C/C=C(/C)C(=O)NCCO)C2=O)O1.